The third kappa shape index (κ3) is 3.80. The minimum Gasteiger partial charge on any atom is -0.355 e. The van der Waals surface area contributed by atoms with E-state index in [4.69, 9.17) is 0 Å². The van der Waals surface area contributed by atoms with Crippen LogP contribution in [0.25, 0.3) is 0 Å². The minimum atomic E-state index is -1.44. The number of hydrogen-bond donors (Lipinski definition) is 1. The van der Waals surface area contributed by atoms with Gasteiger partial charge in [-0.3, -0.25) is 14.0 Å². The summed E-state index contributed by atoms with van der Waals surface area (Å²) in [6.45, 7) is -0.222. The quantitative estimate of drug-likeness (QED) is 0.851. The van der Waals surface area contributed by atoms with E-state index in [0.29, 0.717) is 12.1 Å². The normalized spacial score (nSPS) is 27.6. The van der Waals surface area contributed by atoms with Gasteiger partial charge in [-0.2, -0.15) is 0 Å². The van der Waals surface area contributed by atoms with E-state index in [1.165, 1.54) is 11.0 Å². The third-order valence-corrected chi connectivity index (χ3v) is 5.01. The summed E-state index contributed by atoms with van der Waals surface area (Å²) in [6.07, 6.45) is 0.221. The Balaban J connectivity index is 1.56. The van der Waals surface area contributed by atoms with Crippen LogP contribution < -0.4 is 5.32 Å². The highest BCUT2D eigenvalue weighted by atomic mass is 19.1. The van der Waals surface area contributed by atoms with Crippen LogP contribution in [0.15, 0.2) is 24.3 Å². The Kier molecular flexibility index (Phi) is 4.75. The molecule has 1 aromatic rings. The third-order valence-electron chi connectivity index (χ3n) is 5.01. The van der Waals surface area contributed by atoms with Crippen molar-refractivity contribution in [2.24, 2.45) is 5.41 Å². The van der Waals surface area contributed by atoms with Gasteiger partial charge in [-0.15, -0.1) is 0 Å². The van der Waals surface area contributed by atoms with Gasteiger partial charge in [0.15, 0.2) is 0 Å². The van der Waals surface area contributed by atoms with E-state index in [1.54, 1.807) is 18.2 Å². The molecule has 2 aliphatic heterocycles. The first kappa shape index (κ1) is 17.8. The van der Waals surface area contributed by atoms with Crippen molar-refractivity contribution in [2.45, 2.75) is 31.4 Å². The predicted molar refractivity (Wildman–Crippen MR) is 85.8 cm³/mol. The van der Waals surface area contributed by atoms with Gasteiger partial charge in [-0.05, 0) is 24.5 Å². The maximum atomic E-state index is 14.5. The van der Waals surface area contributed by atoms with Gasteiger partial charge in [0.2, 0.25) is 11.8 Å². The summed E-state index contributed by atoms with van der Waals surface area (Å²) in [7, 11) is 0. The molecule has 136 valence electrons. The molecule has 3 fully saturated rings. The lowest BCUT2D eigenvalue weighted by Crippen LogP contribution is -2.68. The second-order valence-corrected chi connectivity index (χ2v) is 7.24. The SMILES string of the molecule is O=C(Cc1ccccc1F)NCC12CN(C(=O)CCF)CC(F)(C1)C2. The van der Waals surface area contributed by atoms with Crippen molar-refractivity contribution in [1.82, 2.24) is 10.2 Å². The van der Waals surface area contributed by atoms with E-state index in [2.05, 4.69) is 5.32 Å². The molecule has 4 rings (SSSR count). The Morgan fingerprint density at radius 2 is 1.92 bits per heavy atom. The van der Waals surface area contributed by atoms with Crippen LogP contribution in [0, 0.1) is 11.2 Å². The number of piperidine rings is 2. The number of nitrogens with one attached hydrogen (secondary N) is 1. The second-order valence-electron chi connectivity index (χ2n) is 7.24. The van der Waals surface area contributed by atoms with Crippen LogP contribution >= 0.6 is 0 Å². The van der Waals surface area contributed by atoms with Crippen LogP contribution in [0.5, 0.6) is 0 Å². The fourth-order valence-electron chi connectivity index (χ4n) is 4.08. The van der Waals surface area contributed by atoms with Gasteiger partial charge >= 0.3 is 0 Å². The fourth-order valence-corrected chi connectivity index (χ4v) is 4.08. The molecule has 7 heteroatoms. The fraction of sp³-hybridized carbons (Fsp3) is 0.556. The summed E-state index contributed by atoms with van der Waals surface area (Å²) in [5.74, 6) is -1.18. The van der Waals surface area contributed by atoms with Gasteiger partial charge in [-0.1, -0.05) is 18.2 Å². The highest BCUT2D eigenvalue weighted by molar-refractivity contribution is 5.79. The number of nitrogens with zero attached hydrogens (tertiary/aromatic N) is 1. The number of carbonyl (C=O) groups is 2. The molecule has 0 atom stereocenters. The Labute approximate surface area is 144 Å². The standard InChI is InChI=1S/C18H21F3N2O2/c19-6-5-16(25)23-11-17(8-18(21,9-17)12-23)10-22-15(24)7-13-3-1-2-4-14(13)20/h1-4H,5-12H2,(H,22,24). The minimum absolute atomic E-state index is 0.00322. The highest BCUT2D eigenvalue weighted by Crippen LogP contribution is 2.55. The molecule has 3 aliphatic rings. The number of halogens is 3. The average Bonchev–Trinajstić information content (AvgIpc) is 2.54. The van der Waals surface area contributed by atoms with E-state index in [1.807, 2.05) is 0 Å². The first-order valence-corrected chi connectivity index (χ1v) is 8.38. The molecular weight excluding hydrogens is 333 g/mol. The van der Waals surface area contributed by atoms with Crippen LogP contribution in [0.4, 0.5) is 13.2 Å². The number of rotatable bonds is 6. The molecule has 1 aromatic carbocycles. The zero-order valence-corrected chi connectivity index (χ0v) is 13.9. The summed E-state index contributed by atoms with van der Waals surface area (Å²) in [5, 5.41) is 2.73. The van der Waals surface area contributed by atoms with E-state index in [0.717, 1.165) is 0 Å². The maximum absolute atomic E-state index is 14.5. The molecule has 0 spiro atoms. The summed E-state index contributed by atoms with van der Waals surface area (Å²) in [6, 6.07) is 6.04. The average molecular weight is 354 g/mol. The van der Waals surface area contributed by atoms with Gasteiger partial charge < -0.3 is 10.2 Å². The summed E-state index contributed by atoms with van der Waals surface area (Å²) >= 11 is 0. The van der Waals surface area contributed by atoms with Crippen LogP contribution in [0.3, 0.4) is 0 Å². The molecule has 0 radical (unpaired) electrons. The molecule has 25 heavy (non-hydrogen) atoms. The van der Waals surface area contributed by atoms with Crippen molar-refractivity contribution in [2.75, 3.05) is 26.3 Å². The molecule has 2 heterocycles. The topological polar surface area (TPSA) is 49.4 Å². The molecule has 1 saturated carbocycles. The molecular formula is C18H21F3N2O2. The molecule has 1 N–H and O–H groups in total. The highest BCUT2D eigenvalue weighted by Gasteiger charge is 2.61. The lowest BCUT2D eigenvalue weighted by atomic mass is 9.56. The van der Waals surface area contributed by atoms with Gasteiger partial charge in [-0.25, -0.2) is 8.78 Å². The lowest BCUT2D eigenvalue weighted by molar-refractivity contribution is -0.169. The van der Waals surface area contributed by atoms with E-state index < -0.39 is 29.5 Å². The zero-order chi connectivity index (χ0) is 18.1. The Morgan fingerprint density at radius 3 is 2.60 bits per heavy atom. The first-order chi connectivity index (χ1) is 11.8. The van der Waals surface area contributed by atoms with Gasteiger partial charge in [0.1, 0.15) is 11.5 Å². The molecule has 0 unspecified atom stereocenters. The Morgan fingerprint density at radius 1 is 1.20 bits per heavy atom. The number of alkyl halides is 2. The van der Waals surface area contributed by atoms with Crippen LogP contribution in [-0.2, 0) is 16.0 Å². The number of amides is 2. The Hall–Kier alpha value is -2.05. The monoisotopic (exact) mass is 354 g/mol. The largest absolute Gasteiger partial charge is 0.355 e. The number of hydrogen-bond acceptors (Lipinski definition) is 2. The molecule has 2 amide bonds. The first-order valence-electron chi connectivity index (χ1n) is 8.38. The van der Waals surface area contributed by atoms with Crippen molar-refractivity contribution >= 4 is 11.8 Å². The summed E-state index contributed by atoms with van der Waals surface area (Å²) < 4.78 is 40.5. The van der Waals surface area contributed by atoms with Crippen molar-refractivity contribution in [1.29, 1.82) is 0 Å². The second kappa shape index (κ2) is 6.69. The van der Waals surface area contributed by atoms with Crippen molar-refractivity contribution in [3.8, 4) is 0 Å². The lowest BCUT2D eigenvalue weighted by Gasteiger charge is -2.59. The van der Waals surface area contributed by atoms with Gasteiger partial charge in [0.25, 0.3) is 0 Å². The zero-order valence-electron chi connectivity index (χ0n) is 13.9. The Bertz CT molecular complexity index is 674. The van der Waals surface area contributed by atoms with Crippen molar-refractivity contribution in [3.05, 3.63) is 35.6 Å². The molecule has 0 aromatic heterocycles. The number of fused-ring (bicyclic) bond motifs is 2. The van der Waals surface area contributed by atoms with Gasteiger partial charge in [0, 0.05) is 18.5 Å². The van der Waals surface area contributed by atoms with E-state index >= 15 is 0 Å². The van der Waals surface area contributed by atoms with E-state index in [-0.39, 0.29) is 44.7 Å². The molecule has 4 nitrogen and oxygen atoms in total. The summed E-state index contributed by atoms with van der Waals surface area (Å²) in [5.41, 5.74) is -1.65. The smallest absolute Gasteiger partial charge is 0.225 e. The van der Waals surface area contributed by atoms with Crippen LogP contribution in [0.2, 0.25) is 0 Å². The maximum Gasteiger partial charge on any atom is 0.225 e. The predicted octanol–water partition coefficient (Wildman–Crippen LogP) is 2.17. The van der Waals surface area contributed by atoms with E-state index in [9.17, 15) is 22.8 Å². The van der Waals surface area contributed by atoms with Crippen LogP contribution in [-0.4, -0.2) is 48.7 Å². The van der Waals surface area contributed by atoms with Crippen molar-refractivity contribution in [3.63, 3.8) is 0 Å². The number of benzene rings is 1. The molecule has 2 saturated heterocycles. The summed E-state index contributed by atoms with van der Waals surface area (Å²) in [4.78, 5) is 25.3. The number of carbonyl (C=O) groups excluding carboxylic acids is 2. The molecule has 1 aliphatic carbocycles. The molecule has 2 bridgehead atoms. The van der Waals surface area contributed by atoms with Crippen LogP contribution in [0.1, 0.15) is 24.8 Å². The van der Waals surface area contributed by atoms with Gasteiger partial charge in [0.05, 0.1) is 26.1 Å². The van der Waals surface area contributed by atoms with Crippen molar-refractivity contribution < 1.29 is 22.8 Å².